The van der Waals surface area contributed by atoms with E-state index < -0.39 is 0 Å². The van der Waals surface area contributed by atoms with Gasteiger partial charge in [-0.25, -0.2) is 0 Å². The zero-order valence-corrected chi connectivity index (χ0v) is 10.6. The van der Waals surface area contributed by atoms with Crippen LogP contribution in [0.15, 0.2) is 23.1 Å². The second kappa shape index (κ2) is 5.35. The predicted octanol–water partition coefficient (Wildman–Crippen LogP) is 0.574. The number of hydrogen-bond donors (Lipinski definition) is 2. The molecule has 98 valence electrons. The summed E-state index contributed by atoms with van der Waals surface area (Å²) in [5, 5.41) is 0. The molecule has 5 nitrogen and oxygen atoms in total. The first-order chi connectivity index (χ1) is 8.63. The van der Waals surface area contributed by atoms with Crippen LogP contribution in [-0.4, -0.2) is 34.9 Å². The summed E-state index contributed by atoms with van der Waals surface area (Å²) in [6.07, 6.45) is 3.58. The standard InChI is InChI=1S/C13H19N3O2/c1-9-3-2-6-16(11(9)7-14)13(18)10-4-5-12(17)15-8-10/h4-5,8-9,11H,2-3,6-7,14H2,1H3,(H,15,17)/t9-,11+/m0/s1. The van der Waals surface area contributed by atoms with Crippen molar-refractivity contribution < 1.29 is 4.79 Å². The van der Waals surface area contributed by atoms with Crippen molar-refractivity contribution in [2.75, 3.05) is 13.1 Å². The van der Waals surface area contributed by atoms with Crippen molar-refractivity contribution in [3.63, 3.8) is 0 Å². The minimum Gasteiger partial charge on any atom is -0.334 e. The van der Waals surface area contributed by atoms with Gasteiger partial charge in [-0.15, -0.1) is 0 Å². The van der Waals surface area contributed by atoms with Crippen molar-refractivity contribution in [1.29, 1.82) is 0 Å². The Kier molecular flexibility index (Phi) is 3.81. The van der Waals surface area contributed by atoms with Gasteiger partial charge in [0.15, 0.2) is 0 Å². The molecule has 0 aliphatic carbocycles. The van der Waals surface area contributed by atoms with Crippen LogP contribution in [0.5, 0.6) is 0 Å². The van der Waals surface area contributed by atoms with E-state index in [0.717, 1.165) is 19.4 Å². The zero-order valence-electron chi connectivity index (χ0n) is 10.6. The molecule has 2 rings (SSSR count). The number of piperidine rings is 1. The molecule has 1 amide bonds. The SMILES string of the molecule is C[C@H]1CCCN(C(=O)c2ccc(=O)[nH]c2)[C@@H]1CN. The highest BCUT2D eigenvalue weighted by molar-refractivity contribution is 5.94. The molecule has 0 spiro atoms. The first-order valence-corrected chi connectivity index (χ1v) is 6.33. The molecule has 0 radical (unpaired) electrons. The quantitative estimate of drug-likeness (QED) is 0.804. The summed E-state index contributed by atoms with van der Waals surface area (Å²) in [7, 11) is 0. The molecular formula is C13H19N3O2. The first kappa shape index (κ1) is 12.8. The van der Waals surface area contributed by atoms with Crippen molar-refractivity contribution in [2.45, 2.75) is 25.8 Å². The molecule has 18 heavy (non-hydrogen) atoms. The topological polar surface area (TPSA) is 79.2 Å². The lowest BCUT2D eigenvalue weighted by atomic mass is 9.90. The van der Waals surface area contributed by atoms with Crippen LogP contribution in [0.2, 0.25) is 0 Å². The van der Waals surface area contributed by atoms with Crippen LogP contribution in [0.1, 0.15) is 30.1 Å². The molecule has 1 saturated heterocycles. The molecule has 1 fully saturated rings. The number of hydrogen-bond acceptors (Lipinski definition) is 3. The molecule has 0 aromatic carbocycles. The number of nitrogens with one attached hydrogen (secondary N) is 1. The lowest BCUT2D eigenvalue weighted by Crippen LogP contribution is -2.51. The van der Waals surface area contributed by atoms with Gasteiger partial charge in [0.05, 0.1) is 5.56 Å². The van der Waals surface area contributed by atoms with Crippen LogP contribution < -0.4 is 11.3 Å². The Morgan fingerprint density at radius 3 is 2.94 bits per heavy atom. The summed E-state index contributed by atoms with van der Waals surface area (Å²) in [4.78, 5) is 27.7. The fraction of sp³-hybridized carbons (Fsp3) is 0.538. The Morgan fingerprint density at radius 1 is 1.56 bits per heavy atom. The van der Waals surface area contributed by atoms with Gasteiger partial charge in [0.25, 0.3) is 5.91 Å². The Balaban J connectivity index is 2.21. The van der Waals surface area contributed by atoms with E-state index in [2.05, 4.69) is 11.9 Å². The average molecular weight is 249 g/mol. The maximum atomic E-state index is 12.4. The lowest BCUT2D eigenvalue weighted by molar-refractivity contribution is 0.0532. The van der Waals surface area contributed by atoms with Gasteiger partial charge in [0.2, 0.25) is 5.56 Å². The molecule has 0 unspecified atom stereocenters. The first-order valence-electron chi connectivity index (χ1n) is 6.33. The Morgan fingerprint density at radius 2 is 2.33 bits per heavy atom. The van der Waals surface area contributed by atoms with Crippen LogP contribution in [-0.2, 0) is 0 Å². The van der Waals surface area contributed by atoms with E-state index in [0.29, 0.717) is 18.0 Å². The van der Waals surface area contributed by atoms with E-state index >= 15 is 0 Å². The number of carbonyl (C=O) groups excluding carboxylic acids is 1. The predicted molar refractivity (Wildman–Crippen MR) is 69.3 cm³/mol. The van der Waals surface area contributed by atoms with E-state index in [-0.39, 0.29) is 17.5 Å². The smallest absolute Gasteiger partial charge is 0.255 e. The van der Waals surface area contributed by atoms with Crippen LogP contribution >= 0.6 is 0 Å². The van der Waals surface area contributed by atoms with E-state index in [4.69, 9.17) is 5.73 Å². The summed E-state index contributed by atoms with van der Waals surface area (Å²) in [6.45, 7) is 3.35. The number of aromatic amines is 1. The minimum atomic E-state index is -0.200. The van der Waals surface area contributed by atoms with Crippen LogP contribution in [0, 0.1) is 5.92 Å². The van der Waals surface area contributed by atoms with Gasteiger partial charge in [0.1, 0.15) is 0 Å². The number of pyridine rings is 1. The second-order valence-electron chi connectivity index (χ2n) is 4.86. The van der Waals surface area contributed by atoms with Gasteiger partial charge in [-0.3, -0.25) is 9.59 Å². The molecule has 1 aliphatic rings. The number of carbonyl (C=O) groups is 1. The van der Waals surface area contributed by atoms with Gasteiger partial charge in [0, 0.05) is 31.4 Å². The van der Waals surface area contributed by atoms with E-state index in [1.54, 1.807) is 6.07 Å². The van der Waals surface area contributed by atoms with Gasteiger partial charge >= 0.3 is 0 Å². The van der Waals surface area contributed by atoms with E-state index in [1.807, 2.05) is 4.90 Å². The van der Waals surface area contributed by atoms with Crippen LogP contribution in [0.4, 0.5) is 0 Å². The Labute approximate surface area is 106 Å². The number of nitrogens with zero attached hydrogens (tertiary/aromatic N) is 1. The third-order valence-corrected chi connectivity index (χ3v) is 3.65. The average Bonchev–Trinajstić information content (AvgIpc) is 2.38. The van der Waals surface area contributed by atoms with Gasteiger partial charge in [-0.2, -0.15) is 0 Å². The van der Waals surface area contributed by atoms with Crippen LogP contribution in [0.3, 0.4) is 0 Å². The van der Waals surface area contributed by atoms with Crippen molar-refractivity contribution in [3.05, 3.63) is 34.2 Å². The number of rotatable bonds is 2. The molecule has 2 atom stereocenters. The highest BCUT2D eigenvalue weighted by atomic mass is 16.2. The van der Waals surface area contributed by atoms with Crippen molar-refractivity contribution in [2.24, 2.45) is 11.7 Å². The molecule has 2 heterocycles. The largest absolute Gasteiger partial charge is 0.334 e. The molecule has 1 aliphatic heterocycles. The molecule has 1 aromatic rings. The third kappa shape index (κ3) is 2.46. The fourth-order valence-corrected chi connectivity index (χ4v) is 2.57. The van der Waals surface area contributed by atoms with Crippen molar-refractivity contribution in [1.82, 2.24) is 9.88 Å². The zero-order chi connectivity index (χ0) is 13.1. The summed E-state index contributed by atoms with van der Waals surface area (Å²) >= 11 is 0. The number of aromatic nitrogens is 1. The summed E-state index contributed by atoms with van der Waals surface area (Å²) < 4.78 is 0. The number of H-pyrrole nitrogens is 1. The minimum absolute atomic E-state index is 0.0479. The van der Waals surface area contributed by atoms with Crippen LogP contribution in [0.25, 0.3) is 0 Å². The lowest BCUT2D eigenvalue weighted by Gasteiger charge is -2.39. The molecule has 1 aromatic heterocycles. The normalized spacial score (nSPS) is 24.0. The van der Waals surface area contributed by atoms with E-state index in [9.17, 15) is 9.59 Å². The summed E-state index contributed by atoms with van der Waals surface area (Å²) in [6, 6.07) is 3.03. The molecular weight excluding hydrogens is 230 g/mol. The molecule has 0 bridgehead atoms. The number of amides is 1. The number of nitrogens with two attached hydrogens (primary N) is 1. The molecule has 0 saturated carbocycles. The maximum absolute atomic E-state index is 12.4. The molecule has 5 heteroatoms. The summed E-state index contributed by atoms with van der Waals surface area (Å²) in [5.74, 6) is 0.378. The Bertz CT molecular complexity index is 463. The van der Waals surface area contributed by atoms with Crippen molar-refractivity contribution >= 4 is 5.91 Å². The third-order valence-electron chi connectivity index (χ3n) is 3.65. The highest BCUT2D eigenvalue weighted by Crippen LogP contribution is 2.23. The summed E-state index contributed by atoms with van der Waals surface area (Å²) in [5.41, 5.74) is 6.09. The van der Waals surface area contributed by atoms with Crippen molar-refractivity contribution in [3.8, 4) is 0 Å². The second-order valence-corrected chi connectivity index (χ2v) is 4.86. The molecule has 3 N–H and O–H groups in total. The van der Waals surface area contributed by atoms with E-state index in [1.165, 1.54) is 12.3 Å². The maximum Gasteiger partial charge on any atom is 0.255 e. The Hall–Kier alpha value is -1.62. The monoisotopic (exact) mass is 249 g/mol. The fourth-order valence-electron chi connectivity index (χ4n) is 2.57. The van der Waals surface area contributed by atoms with Gasteiger partial charge < -0.3 is 15.6 Å². The highest BCUT2D eigenvalue weighted by Gasteiger charge is 2.31. The number of likely N-dealkylation sites (tertiary alicyclic amines) is 1. The van der Waals surface area contributed by atoms with Gasteiger partial charge in [-0.1, -0.05) is 6.92 Å². The van der Waals surface area contributed by atoms with Gasteiger partial charge in [-0.05, 0) is 24.8 Å².